The summed E-state index contributed by atoms with van der Waals surface area (Å²) in [6, 6.07) is 8.69. The van der Waals surface area contributed by atoms with Gasteiger partial charge in [-0.1, -0.05) is 6.07 Å². The molecule has 27 heavy (non-hydrogen) atoms. The van der Waals surface area contributed by atoms with Crippen molar-refractivity contribution in [3.05, 3.63) is 47.5 Å². The first-order valence-corrected chi connectivity index (χ1v) is 10.9. The van der Waals surface area contributed by atoms with Crippen molar-refractivity contribution in [2.75, 3.05) is 24.1 Å². The fraction of sp³-hybridized carbons (Fsp3) is 0.235. The molecule has 0 saturated heterocycles. The van der Waals surface area contributed by atoms with E-state index in [0.29, 0.717) is 16.8 Å². The van der Waals surface area contributed by atoms with Gasteiger partial charge in [-0.15, -0.1) is 0 Å². The SMILES string of the molecule is Cc1ccc(NS(=O)(=O)c2ccc3c(c2)CC(=O)N3)cc1S(=O)(=O)N(C)C. The number of carbonyl (C=O) groups is 1. The number of amides is 1. The summed E-state index contributed by atoms with van der Waals surface area (Å²) in [5, 5.41) is 2.64. The van der Waals surface area contributed by atoms with Crippen molar-refractivity contribution >= 4 is 37.3 Å². The van der Waals surface area contributed by atoms with Crippen LogP contribution in [0.3, 0.4) is 0 Å². The maximum atomic E-state index is 12.7. The van der Waals surface area contributed by atoms with Crippen molar-refractivity contribution in [3.63, 3.8) is 0 Å². The molecule has 8 nitrogen and oxygen atoms in total. The van der Waals surface area contributed by atoms with E-state index in [4.69, 9.17) is 0 Å². The Bertz CT molecular complexity index is 1140. The Hall–Kier alpha value is -2.43. The zero-order valence-corrected chi connectivity index (χ0v) is 16.6. The van der Waals surface area contributed by atoms with E-state index in [1.165, 1.54) is 44.4 Å². The first-order chi connectivity index (χ1) is 12.5. The third kappa shape index (κ3) is 3.68. The maximum Gasteiger partial charge on any atom is 0.261 e. The van der Waals surface area contributed by atoms with Gasteiger partial charge in [0.1, 0.15) is 0 Å². The highest BCUT2D eigenvalue weighted by molar-refractivity contribution is 7.92. The van der Waals surface area contributed by atoms with E-state index in [2.05, 4.69) is 10.0 Å². The number of benzene rings is 2. The molecule has 1 heterocycles. The zero-order valence-electron chi connectivity index (χ0n) is 15.0. The highest BCUT2D eigenvalue weighted by Crippen LogP contribution is 2.28. The average molecular weight is 409 g/mol. The number of rotatable bonds is 5. The van der Waals surface area contributed by atoms with Crippen LogP contribution >= 0.6 is 0 Å². The fourth-order valence-corrected chi connectivity index (χ4v) is 4.97. The Morgan fingerprint density at radius 1 is 1.04 bits per heavy atom. The molecule has 0 atom stereocenters. The van der Waals surface area contributed by atoms with Crippen LogP contribution in [0.4, 0.5) is 11.4 Å². The number of anilines is 2. The van der Waals surface area contributed by atoms with Crippen molar-refractivity contribution in [3.8, 4) is 0 Å². The lowest BCUT2D eigenvalue weighted by molar-refractivity contribution is -0.115. The Morgan fingerprint density at radius 2 is 1.74 bits per heavy atom. The summed E-state index contributed by atoms with van der Waals surface area (Å²) in [6.45, 7) is 1.64. The second-order valence-electron chi connectivity index (χ2n) is 6.42. The smallest absolute Gasteiger partial charge is 0.261 e. The van der Waals surface area contributed by atoms with Gasteiger partial charge >= 0.3 is 0 Å². The van der Waals surface area contributed by atoms with Gasteiger partial charge in [0.2, 0.25) is 15.9 Å². The first kappa shape index (κ1) is 19.3. The van der Waals surface area contributed by atoms with Crippen LogP contribution in [0.25, 0.3) is 0 Å². The molecule has 0 fully saturated rings. The molecule has 0 aliphatic carbocycles. The summed E-state index contributed by atoms with van der Waals surface area (Å²) >= 11 is 0. The maximum absolute atomic E-state index is 12.7. The van der Waals surface area contributed by atoms with Crippen molar-refractivity contribution in [1.29, 1.82) is 0 Å². The van der Waals surface area contributed by atoms with Crippen LogP contribution in [0.2, 0.25) is 0 Å². The minimum Gasteiger partial charge on any atom is -0.326 e. The quantitative estimate of drug-likeness (QED) is 0.778. The van der Waals surface area contributed by atoms with Crippen molar-refractivity contribution in [1.82, 2.24) is 4.31 Å². The van der Waals surface area contributed by atoms with Gasteiger partial charge in [-0.2, -0.15) is 0 Å². The van der Waals surface area contributed by atoms with E-state index in [1.54, 1.807) is 13.0 Å². The summed E-state index contributed by atoms with van der Waals surface area (Å²) in [4.78, 5) is 11.5. The fourth-order valence-electron chi connectivity index (χ4n) is 2.73. The summed E-state index contributed by atoms with van der Waals surface area (Å²) in [7, 11) is -4.84. The van der Waals surface area contributed by atoms with Crippen molar-refractivity contribution in [2.45, 2.75) is 23.1 Å². The minimum atomic E-state index is -3.95. The number of nitrogens with zero attached hydrogens (tertiary/aromatic N) is 1. The molecular formula is C17H19N3O5S2. The topological polar surface area (TPSA) is 113 Å². The molecule has 10 heteroatoms. The van der Waals surface area contributed by atoms with Gasteiger partial charge in [-0.25, -0.2) is 21.1 Å². The van der Waals surface area contributed by atoms with Crippen molar-refractivity contribution in [2.24, 2.45) is 0 Å². The molecule has 3 rings (SSSR count). The molecule has 1 aliphatic rings. The summed E-state index contributed by atoms with van der Waals surface area (Å²) < 4.78 is 53.7. The van der Waals surface area contributed by atoms with Gasteiger partial charge < -0.3 is 5.32 Å². The summed E-state index contributed by atoms with van der Waals surface area (Å²) in [5.41, 5.74) is 1.83. The number of hydrogen-bond donors (Lipinski definition) is 2. The van der Waals surface area contributed by atoms with Crippen LogP contribution in [-0.2, 0) is 31.3 Å². The molecule has 2 aromatic rings. The van der Waals surface area contributed by atoms with E-state index in [-0.39, 0.29) is 27.8 Å². The third-order valence-corrected chi connectivity index (χ3v) is 7.55. The summed E-state index contributed by atoms with van der Waals surface area (Å²) in [6.07, 6.45) is 0.119. The highest BCUT2D eigenvalue weighted by Gasteiger charge is 2.24. The predicted molar refractivity (Wildman–Crippen MR) is 102 cm³/mol. The number of hydrogen-bond acceptors (Lipinski definition) is 5. The molecule has 0 spiro atoms. The highest BCUT2D eigenvalue weighted by atomic mass is 32.2. The molecule has 1 aliphatic heterocycles. The Kier molecular flexibility index (Phi) is 4.74. The first-order valence-electron chi connectivity index (χ1n) is 7.99. The van der Waals surface area contributed by atoms with Gasteiger partial charge in [0, 0.05) is 19.8 Å². The number of sulfonamides is 2. The van der Waals surface area contributed by atoms with Gasteiger partial charge in [0.05, 0.1) is 21.9 Å². The average Bonchev–Trinajstić information content (AvgIpc) is 2.95. The number of carbonyl (C=O) groups excluding carboxylic acids is 1. The molecule has 0 bridgehead atoms. The van der Waals surface area contributed by atoms with Crippen LogP contribution in [0.15, 0.2) is 46.2 Å². The number of fused-ring (bicyclic) bond motifs is 1. The second-order valence-corrected chi connectivity index (χ2v) is 10.2. The van der Waals surface area contributed by atoms with Crippen LogP contribution in [0.5, 0.6) is 0 Å². The van der Waals surface area contributed by atoms with Crippen LogP contribution < -0.4 is 10.0 Å². The third-order valence-electron chi connectivity index (χ3n) is 4.21. The Labute approximate surface area is 158 Å². The largest absolute Gasteiger partial charge is 0.326 e. The predicted octanol–water partition coefficient (Wildman–Crippen LogP) is 1.54. The van der Waals surface area contributed by atoms with Crippen LogP contribution in [-0.4, -0.2) is 41.1 Å². The lowest BCUT2D eigenvalue weighted by Crippen LogP contribution is -2.23. The van der Waals surface area contributed by atoms with E-state index in [0.717, 1.165) is 4.31 Å². The molecule has 0 saturated carbocycles. The Balaban J connectivity index is 1.96. The number of nitrogens with one attached hydrogen (secondary N) is 2. The lowest BCUT2D eigenvalue weighted by atomic mass is 10.2. The van der Waals surface area contributed by atoms with Gasteiger partial charge in [0.25, 0.3) is 10.0 Å². The van der Waals surface area contributed by atoms with E-state index < -0.39 is 20.0 Å². The lowest BCUT2D eigenvalue weighted by Gasteiger charge is -2.15. The van der Waals surface area contributed by atoms with Gasteiger partial charge in [-0.05, 0) is 48.4 Å². The molecule has 2 aromatic carbocycles. The van der Waals surface area contributed by atoms with Gasteiger partial charge in [0.15, 0.2) is 0 Å². The van der Waals surface area contributed by atoms with E-state index in [1.807, 2.05) is 0 Å². The number of aryl methyl sites for hydroxylation is 1. The van der Waals surface area contributed by atoms with Crippen LogP contribution in [0.1, 0.15) is 11.1 Å². The standard InChI is InChI=1S/C17H19N3O5S2/c1-11-4-5-13(10-16(11)27(24,25)20(2)3)19-26(22,23)14-6-7-15-12(8-14)9-17(21)18-15/h4-8,10,19H,9H2,1-3H3,(H,18,21). The molecule has 1 amide bonds. The van der Waals surface area contributed by atoms with Crippen LogP contribution in [0, 0.1) is 6.92 Å². The monoisotopic (exact) mass is 409 g/mol. The van der Waals surface area contributed by atoms with Crippen molar-refractivity contribution < 1.29 is 21.6 Å². The Morgan fingerprint density at radius 3 is 2.41 bits per heavy atom. The molecular weight excluding hydrogens is 390 g/mol. The normalized spacial score (nSPS) is 14.1. The minimum absolute atomic E-state index is 0.00431. The zero-order chi connectivity index (χ0) is 20.0. The van der Waals surface area contributed by atoms with E-state index >= 15 is 0 Å². The molecule has 0 radical (unpaired) electrons. The van der Waals surface area contributed by atoms with E-state index in [9.17, 15) is 21.6 Å². The molecule has 0 aromatic heterocycles. The van der Waals surface area contributed by atoms with Gasteiger partial charge in [-0.3, -0.25) is 9.52 Å². The second kappa shape index (κ2) is 6.63. The molecule has 0 unspecified atom stereocenters. The molecule has 144 valence electrons. The molecule has 2 N–H and O–H groups in total. The summed E-state index contributed by atoms with van der Waals surface area (Å²) in [5.74, 6) is -0.190.